The lowest BCUT2D eigenvalue weighted by Gasteiger charge is -1.87. The van der Waals surface area contributed by atoms with Crippen LogP contribution in [-0.4, -0.2) is 4.98 Å². The number of rotatable bonds is 0. The number of thiazole rings is 1. The van der Waals surface area contributed by atoms with E-state index in [0.717, 1.165) is 9.56 Å². The predicted octanol–water partition coefficient (Wildman–Crippen LogP) is 0.930. The highest BCUT2D eigenvalue weighted by Gasteiger charge is 2.03. The molecular formula is C6H4N2OS. The molecule has 10 heavy (non-hydrogen) atoms. The van der Waals surface area contributed by atoms with E-state index in [1.54, 1.807) is 18.3 Å². The molecule has 0 unspecified atom stereocenters. The Morgan fingerprint density at radius 2 is 2.50 bits per heavy atom. The summed E-state index contributed by atoms with van der Waals surface area (Å²) in [4.78, 5) is 4.79. The number of nitrogens with zero attached hydrogens (tertiary/aromatic N) is 2. The van der Waals surface area contributed by atoms with Crippen LogP contribution < -0.4 is 4.73 Å². The van der Waals surface area contributed by atoms with E-state index in [1.165, 1.54) is 16.8 Å². The quantitative estimate of drug-likeness (QED) is 0.416. The molecule has 0 spiro atoms. The van der Waals surface area contributed by atoms with Gasteiger partial charge in [0.2, 0.25) is 5.51 Å². The van der Waals surface area contributed by atoms with E-state index < -0.39 is 0 Å². The van der Waals surface area contributed by atoms with Gasteiger partial charge in [0, 0.05) is 12.3 Å². The van der Waals surface area contributed by atoms with Gasteiger partial charge in [0.25, 0.3) is 5.52 Å². The van der Waals surface area contributed by atoms with Gasteiger partial charge in [0.1, 0.15) is 0 Å². The van der Waals surface area contributed by atoms with Crippen LogP contribution in [0.25, 0.3) is 10.3 Å². The maximum Gasteiger partial charge on any atom is 0.253 e. The van der Waals surface area contributed by atoms with Crippen LogP contribution >= 0.6 is 11.3 Å². The lowest BCUT2D eigenvalue weighted by molar-refractivity contribution is -0.572. The third-order valence-corrected chi connectivity index (χ3v) is 2.08. The molecule has 0 bridgehead atoms. The number of fused-ring (bicyclic) bond motifs is 1. The van der Waals surface area contributed by atoms with Crippen molar-refractivity contribution in [3.8, 4) is 0 Å². The summed E-state index contributed by atoms with van der Waals surface area (Å²) in [7, 11) is 0. The van der Waals surface area contributed by atoms with Crippen molar-refractivity contribution in [2.45, 2.75) is 0 Å². The summed E-state index contributed by atoms with van der Waals surface area (Å²) in [6.45, 7) is 0. The summed E-state index contributed by atoms with van der Waals surface area (Å²) >= 11 is 1.35. The normalized spacial score (nSPS) is 10.4. The van der Waals surface area contributed by atoms with E-state index in [9.17, 15) is 5.21 Å². The summed E-state index contributed by atoms with van der Waals surface area (Å²) in [6, 6.07) is 3.51. The maximum atomic E-state index is 10.9. The zero-order valence-electron chi connectivity index (χ0n) is 5.02. The van der Waals surface area contributed by atoms with Crippen LogP contribution in [-0.2, 0) is 0 Å². The van der Waals surface area contributed by atoms with Gasteiger partial charge in [-0.2, -0.15) is 4.73 Å². The summed E-state index contributed by atoms with van der Waals surface area (Å²) in [6.07, 6.45) is 1.68. The monoisotopic (exact) mass is 152 g/mol. The molecule has 50 valence electrons. The third kappa shape index (κ3) is 0.657. The molecule has 0 amide bonds. The fourth-order valence-corrected chi connectivity index (χ4v) is 1.51. The molecule has 0 saturated carbocycles. The molecule has 4 heteroatoms. The van der Waals surface area contributed by atoms with E-state index in [0.29, 0.717) is 5.52 Å². The number of aromatic nitrogens is 2. The van der Waals surface area contributed by atoms with E-state index in [4.69, 9.17) is 0 Å². The number of hydrogen-bond acceptors (Lipinski definition) is 3. The molecule has 2 aromatic rings. The Kier molecular flexibility index (Phi) is 1.07. The highest BCUT2D eigenvalue weighted by Crippen LogP contribution is 2.10. The van der Waals surface area contributed by atoms with Gasteiger partial charge in [-0.05, 0) is 17.4 Å². The zero-order valence-corrected chi connectivity index (χ0v) is 5.84. The first-order valence-electron chi connectivity index (χ1n) is 2.79. The minimum Gasteiger partial charge on any atom is -0.618 e. The molecule has 3 nitrogen and oxygen atoms in total. The molecule has 0 atom stereocenters. The van der Waals surface area contributed by atoms with Gasteiger partial charge in [-0.3, -0.25) is 0 Å². The molecule has 0 saturated heterocycles. The Morgan fingerprint density at radius 3 is 3.30 bits per heavy atom. The topological polar surface area (TPSA) is 39.8 Å². The summed E-state index contributed by atoms with van der Waals surface area (Å²) in [5.74, 6) is 0. The second kappa shape index (κ2) is 1.91. The second-order valence-electron chi connectivity index (χ2n) is 1.88. The van der Waals surface area contributed by atoms with Crippen molar-refractivity contribution in [2.24, 2.45) is 0 Å². The molecule has 2 aromatic heterocycles. The maximum absolute atomic E-state index is 10.9. The number of hydrogen-bond donors (Lipinski definition) is 0. The van der Waals surface area contributed by atoms with Crippen molar-refractivity contribution in [3.63, 3.8) is 0 Å². The average Bonchev–Trinajstić information content (AvgIpc) is 2.34. The van der Waals surface area contributed by atoms with Gasteiger partial charge in [0.05, 0.1) is 0 Å². The van der Waals surface area contributed by atoms with Crippen LogP contribution in [0.3, 0.4) is 0 Å². The van der Waals surface area contributed by atoms with Gasteiger partial charge >= 0.3 is 0 Å². The minimum atomic E-state index is 0.646. The molecule has 0 aliphatic rings. The summed E-state index contributed by atoms with van der Waals surface area (Å²) in [5, 5.41) is 10.9. The Hall–Kier alpha value is -1.16. The van der Waals surface area contributed by atoms with Gasteiger partial charge in [0.15, 0.2) is 4.83 Å². The lowest BCUT2D eigenvalue weighted by Crippen LogP contribution is -2.21. The van der Waals surface area contributed by atoms with Crippen LogP contribution in [0.15, 0.2) is 23.8 Å². The number of pyridine rings is 1. The van der Waals surface area contributed by atoms with E-state index in [1.807, 2.05) is 0 Å². The van der Waals surface area contributed by atoms with Gasteiger partial charge in [-0.25, -0.2) is 4.98 Å². The van der Waals surface area contributed by atoms with Crippen LogP contribution in [0.2, 0.25) is 0 Å². The Bertz CT molecular complexity index is 357. The molecule has 0 aliphatic carbocycles. The van der Waals surface area contributed by atoms with Crippen molar-refractivity contribution >= 4 is 21.7 Å². The largest absolute Gasteiger partial charge is 0.618 e. The molecule has 0 aromatic carbocycles. The molecule has 2 heterocycles. The standard InChI is InChI=1S/C6H4N2OS/c9-8-4-10-6-5(8)2-1-3-7-6/h1-4H. The molecule has 0 aliphatic heterocycles. The highest BCUT2D eigenvalue weighted by atomic mass is 32.1. The second-order valence-corrected chi connectivity index (χ2v) is 2.71. The Balaban J connectivity index is 2.93. The molecule has 0 fully saturated rings. The first-order valence-corrected chi connectivity index (χ1v) is 3.67. The molecule has 2 rings (SSSR count). The minimum absolute atomic E-state index is 0.646. The van der Waals surface area contributed by atoms with Gasteiger partial charge < -0.3 is 5.21 Å². The van der Waals surface area contributed by atoms with Crippen molar-refractivity contribution < 1.29 is 4.73 Å². The van der Waals surface area contributed by atoms with E-state index >= 15 is 0 Å². The Labute approximate surface area is 61.2 Å². The van der Waals surface area contributed by atoms with Crippen LogP contribution in [0.4, 0.5) is 0 Å². The fourth-order valence-electron chi connectivity index (χ4n) is 0.795. The van der Waals surface area contributed by atoms with Crippen molar-refractivity contribution in [1.82, 2.24) is 4.98 Å². The smallest absolute Gasteiger partial charge is 0.253 e. The van der Waals surface area contributed by atoms with Crippen LogP contribution in [0.5, 0.6) is 0 Å². The lowest BCUT2D eigenvalue weighted by atomic mass is 10.5. The zero-order chi connectivity index (χ0) is 6.97. The highest BCUT2D eigenvalue weighted by molar-refractivity contribution is 7.15. The summed E-state index contributed by atoms with van der Waals surface area (Å²) < 4.78 is 0.826. The SMILES string of the molecule is [O-][n+]1csc2ncccc21. The third-order valence-electron chi connectivity index (χ3n) is 1.25. The molecule has 0 radical (unpaired) electrons. The van der Waals surface area contributed by atoms with Crippen molar-refractivity contribution in [1.29, 1.82) is 0 Å². The fraction of sp³-hybridized carbons (Fsp3) is 0. The Morgan fingerprint density at radius 1 is 1.60 bits per heavy atom. The first kappa shape index (κ1) is 5.61. The van der Waals surface area contributed by atoms with Crippen molar-refractivity contribution in [2.75, 3.05) is 0 Å². The average molecular weight is 152 g/mol. The predicted molar refractivity (Wildman–Crippen MR) is 38.6 cm³/mol. The summed E-state index contributed by atoms with van der Waals surface area (Å²) in [5.41, 5.74) is 2.14. The van der Waals surface area contributed by atoms with Gasteiger partial charge in [-0.1, -0.05) is 0 Å². The van der Waals surface area contributed by atoms with Crippen molar-refractivity contribution in [3.05, 3.63) is 29.0 Å². The van der Waals surface area contributed by atoms with Crippen LogP contribution in [0.1, 0.15) is 0 Å². The molecule has 0 N–H and O–H groups in total. The first-order chi connectivity index (χ1) is 4.88. The van der Waals surface area contributed by atoms with E-state index in [-0.39, 0.29) is 0 Å². The molecular weight excluding hydrogens is 148 g/mol. The van der Waals surface area contributed by atoms with Gasteiger partial charge in [-0.15, -0.1) is 0 Å². The van der Waals surface area contributed by atoms with E-state index in [2.05, 4.69) is 4.98 Å². The van der Waals surface area contributed by atoms with Crippen LogP contribution in [0, 0.1) is 5.21 Å².